The van der Waals surface area contributed by atoms with Gasteiger partial charge in [-0.1, -0.05) is 11.6 Å². The molecule has 0 spiro atoms. The number of nitrogens with two attached hydrogens (primary N) is 1. The van der Waals surface area contributed by atoms with Gasteiger partial charge in [0.05, 0.1) is 0 Å². The highest BCUT2D eigenvalue weighted by atomic mass is 14.7. The van der Waals surface area contributed by atoms with Gasteiger partial charge in [-0.25, -0.2) is 0 Å². The molecule has 0 aromatic carbocycles. The van der Waals surface area contributed by atoms with Crippen molar-refractivity contribution in [1.82, 2.24) is 0 Å². The molecule has 0 heterocycles. The van der Waals surface area contributed by atoms with Gasteiger partial charge in [0.2, 0.25) is 0 Å². The van der Waals surface area contributed by atoms with Gasteiger partial charge in [-0.05, 0) is 13.3 Å². The van der Waals surface area contributed by atoms with Gasteiger partial charge in [-0.15, -0.1) is 0 Å². The highest BCUT2D eigenvalue weighted by Gasteiger charge is 2.22. The third kappa shape index (κ3) is 0.455. The zero-order chi connectivity index (χ0) is 4.57. The zero-order valence-electron chi connectivity index (χ0n) is 3.94. The Balaban J connectivity index is 2.44. The molecule has 1 saturated carbocycles. The fraction of sp³-hybridized carbons (Fsp3) is 0.600. The molecule has 1 nitrogen and oxygen atoms in total. The molecule has 1 atom stereocenters. The fourth-order valence-electron chi connectivity index (χ4n) is 0.527. The minimum absolute atomic E-state index is 0.426. The van der Waals surface area contributed by atoms with Crippen LogP contribution in [0.25, 0.3) is 0 Å². The third-order valence-corrected chi connectivity index (χ3v) is 1.14. The highest BCUT2D eigenvalue weighted by molar-refractivity contribution is 5.26. The molecular formula is C5H9N. The summed E-state index contributed by atoms with van der Waals surface area (Å²) in [5.74, 6) is 0. The average Bonchev–Trinajstić information content (AvgIpc) is 2.19. The topological polar surface area (TPSA) is 26.0 Å². The summed E-state index contributed by atoms with van der Waals surface area (Å²) in [7, 11) is 0. The van der Waals surface area contributed by atoms with Gasteiger partial charge in [0.1, 0.15) is 0 Å². The molecule has 0 amide bonds. The van der Waals surface area contributed by atoms with Crippen LogP contribution < -0.4 is 5.73 Å². The molecule has 1 aliphatic rings. The second-order valence-electron chi connectivity index (χ2n) is 1.67. The summed E-state index contributed by atoms with van der Waals surface area (Å²) in [5, 5.41) is 0. The van der Waals surface area contributed by atoms with Crippen molar-refractivity contribution in [3.05, 3.63) is 11.6 Å². The molecule has 0 aromatic heterocycles. The Bertz CT molecular complexity index is 83.9. The van der Waals surface area contributed by atoms with E-state index >= 15 is 0 Å². The van der Waals surface area contributed by atoms with Gasteiger partial charge in [0.15, 0.2) is 0 Å². The van der Waals surface area contributed by atoms with Gasteiger partial charge >= 0.3 is 0 Å². The van der Waals surface area contributed by atoms with E-state index in [4.69, 9.17) is 5.73 Å². The minimum Gasteiger partial charge on any atom is -0.324 e. The molecule has 1 fully saturated rings. The van der Waals surface area contributed by atoms with Crippen LogP contribution in [0, 0.1) is 0 Å². The lowest BCUT2D eigenvalue weighted by atomic mass is 10.5. The highest BCUT2D eigenvalue weighted by Crippen LogP contribution is 2.25. The standard InChI is InChI=1S/C5H9N/c1-2-4-3-5(4)6/h2,5H,3,6H2,1H3/b4-2+. The summed E-state index contributed by atoms with van der Waals surface area (Å²) >= 11 is 0. The van der Waals surface area contributed by atoms with Gasteiger partial charge in [0.25, 0.3) is 0 Å². The van der Waals surface area contributed by atoms with Crippen LogP contribution >= 0.6 is 0 Å². The van der Waals surface area contributed by atoms with Crippen molar-refractivity contribution in [3.63, 3.8) is 0 Å². The molecule has 34 valence electrons. The molecule has 0 aromatic rings. The summed E-state index contributed by atoms with van der Waals surface area (Å²) < 4.78 is 0. The molecule has 0 saturated heterocycles. The van der Waals surface area contributed by atoms with Crippen molar-refractivity contribution in [2.24, 2.45) is 5.73 Å². The summed E-state index contributed by atoms with van der Waals surface area (Å²) in [6, 6.07) is 0.426. The smallest absolute Gasteiger partial charge is 0.0292 e. The normalized spacial score (nSPS) is 37.7. The quantitative estimate of drug-likeness (QED) is 0.428. The van der Waals surface area contributed by atoms with E-state index in [2.05, 4.69) is 6.08 Å². The van der Waals surface area contributed by atoms with Gasteiger partial charge in [-0.3, -0.25) is 0 Å². The molecule has 1 aliphatic carbocycles. The van der Waals surface area contributed by atoms with Crippen LogP contribution in [0.5, 0.6) is 0 Å². The first kappa shape index (κ1) is 3.88. The maximum Gasteiger partial charge on any atom is 0.0292 e. The van der Waals surface area contributed by atoms with Crippen molar-refractivity contribution < 1.29 is 0 Å². The van der Waals surface area contributed by atoms with Crippen LogP contribution in [0.1, 0.15) is 13.3 Å². The molecule has 1 heteroatoms. The Kier molecular flexibility index (Phi) is 0.701. The molecule has 1 unspecified atom stereocenters. The van der Waals surface area contributed by atoms with Crippen LogP contribution in [0.15, 0.2) is 11.6 Å². The molecule has 1 rings (SSSR count). The predicted molar refractivity (Wildman–Crippen MR) is 26.3 cm³/mol. The largest absolute Gasteiger partial charge is 0.324 e. The van der Waals surface area contributed by atoms with E-state index in [0.29, 0.717) is 6.04 Å². The van der Waals surface area contributed by atoms with E-state index in [9.17, 15) is 0 Å². The van der Waals surface area contributed by atoms with Crippen LogP contribution in [0.2, 0.25) is 0 Å². The zero-order valence-corrected chi connectivity index (χ0v) is 3.94. The van der Waals surface area contributed by atoms with E-state index in [1.165, 1.54) is 5.57 Å². The summed E-state index contributed by atoms with van der Waals surface area (Å²) in [6.45, 7) is 2.03. The molecule has 2 N–H and O–H groups in total. The number of hydrogen-bond acceptors (Lipinski definition) is 1. The minimum atomic E-state index is 0.426. The van der Waals surface area contributed by atoms with Crippen molar-refractivity contribution in [1.29, 1.82) is 0 Å². The van der Waals surface area contributed by atoms with Crippen LogP contribution in [0.4, 0.5) is 0 Å². The summed E-state index contributed by atoms with van der Waals surface area (Å²) in [4.78, 5) is 0. The lowest BCUT2D eigenvalue weighted by Crippen LogP contribution is -1.95. The predicted octanol–water partition coefficient (Wildman–Crippen LogP) is 0.664. The lowest BCUT2D eigenvalue weighted by Gasteiger charge is -1.66. The van der Waals surface area contributed by atoms with E-state index in [0.717, 1.165) is 6.42 Å². The van der Waals surface area contributed by atoms with Crippen LogP contribution in [-0.4, -0.2) is 6.04 Å². The van der Waals surface area contributed by atoms with E-state index in [-0.39, 0.29) is 0 Å². The first-order valence-corrected chi connectivity index (χ1v) is 2.25. The molecule has 0 aliphatic heterocycles. The Labute approximate surface area is 37.8 Å². The molecular weight excluding hydrogens is 74.1 g/mol. The van der Waals surface area contributed by atoms with Crippen molar-refractivity contribution >= 4 is 0 Å². The molecule has 6 heavy (non-hydrogen) atoms. The number of rotatable bonds is 0. The first-order valence-electron chi connectivity index (χ1n) is 2.25. The van der Waals surface area contributed by atoms with E-state index in [1.807, 2.05) is 6.92 Å². The van der Waals surface area contributed by atoms with E-state index in [1.54, 1.807) is 0 Å². The number of allylic oxidation sites excluding steroid dienone is 1. The van der Waals surface area contributed by atoms with Gasteiger partial charge < -0.3 is 5.73 Å². The number of hydrogen-bond donors (Lipinski definition) is 1. The maximum absolute atomic E-state index is 5.41. The van der Waals surface area contributed by atoms with Crippen molar-refractivity contribution in [3.8, 4) is 0 Å². The van der Waals surface area contributed by atoms with Crippen LogP contribution in [-0.2, 0) is 0 Å². The molecule has 0 bridgehead atoms. The maximum atomic E-state index is 5.41. The fourth-order valence-corrected chi connectivity index (χ4v) is 0.527. The van der Waals surface area contributed by atoms with E-state index < -0.39 is 0 Å². The third-order valence-electron chi connectivity index (χ3n) is 1.14. The monoisotopic (exact) mass is 83.1 g/mol. The average molecular weight is 83.1 g/mol. The Morgan fingerprint density at radius 2 is 2.50 bits per heavy atom. The SMILES string of the molecule is C/C=C1\CC1N. The Morgan fingerprint density at radius 3 is 2.50 bits per heavy atom. The molecule has 0 radical (unpaired) electrons. The Hall–Kier alpha value is -0.300. The second kappa shape index (κ2) is 1.09. The van der Waals surface area contributed by atoms with Crippen molar-refractivity contribution in [2.75, 3.05) is 0 Å². The summed E-state index contributed by atoms with van der Waals surface area (Å²) in [6.07, 6.45) is 3.22. The first-order chi connectivity index (χ1) is 2.84. The summed E-state index contributed by atoms with van der Waals surface area (Å²) in [5.41, 5.74) is 6.82. The Morgan fingerprint density at radius 1 is 2.00 bits per heavy atom. The van der Waals surface area contributed by atoms with Gasteiger partial charge in [0, 0.05) is 6.04 Å². The lowest BCUT2D eigenvalue weighted by molar-refractivity contribution is 1.10. The van der Waals surface area contributed by atoms with Crippen molar-refractivity contribution in [2.45, 2.75) is 19.4 Å². The van der Waals surface area contributed by atoms with Gasteiger partial charge in [-0.2, -0.15) is 0 Å². The van der Waals surface area contributed by atoms with Crippen LogP contribution in [0.3, 0.4) is 0 Å². The second-order valence-corrected chi connectivity index (χ2v) is 1.67.